The zero-order chi connectivity index (χ0) is 11.5. The molecule has 1 saturated heterocycles. The van der Waals surface area contributed by atoms with Gasteiger partial charge in [-0.2, -0.15) is 0 Å². The van der Waals surface area contributed by atoms with Crippen LogP contribution in [-0.2, 0) is 0 Å². The van der Waals surface area contributed by atoms with Gasteiger partial charge in [0.1, 0.15) is 17.8 Å². The van der Waals surface area contributed by atoms with Crippen LogP contribution in [0, 0.1) is 17.6 Å². The predicted octanol–water partition coefficient (Wildman–Crippen LogP) is 3.40. The Bertz CT molecular complexity index is 367. The van der Waals surface area contributed by atoms with E-state index >= 15 is 0 Å². The van der Waals surface area contributed by atoms with E-state index < -0.39 is 17.8 Å². The maximum atomic E-state index is 14.0. The van der Waals surface area contributed by atoms with Gasteiger partial charge in [-0.3, -0.25) is 0 Å². The molecule has 1 atom stereocenters. The Morgan fingerprint density at radius 2 is 1.82 bits per heavy atom. The molecular weight excluding hydrogens is 251 g/mol. The van der Waals surface area contributed by atoms with Gasteiger partial charge in [0.05, 0.1) is 0 Å². The van der Waals surface area contributed by atoms with Crippen LogP contribution in [0.1, 0.15) is 24.6 Å². The zero-order valence-corrected chi connectivity index (χ0v) is 10.1. The van der Waals surface area contributed by atoms with Gasteiger partial charge in [0, 0.05) is 5.56 Å². The molecule has 0 aromatic heterocycles. The van der Waals surface area contributed by atoms with Crippen molar-refractivity contribution in [3.63, 3.8) is 0 Å². The van der Waals surface area contributed by atoms with Crippen molar-refractivity contribution in [2.45, 2.75) is 19.0 Å². The van der Waals surface area contributed by atoms with E-state index in [1.54, 1.807) is 0 Å². The Balaban J connectivity index is 0.00000144. The molecule has 1 N–H and O–H groups in total. The minimum absolute atomic E-state index is 0. The van der Waals surface area contributed by atoms with Crippen molar-refractivity contribution in [3.8, 4) is 0 Å². The van der Waals surface area contributed by atoms with Gasteiger partial charge in [-0.15, -0.1) is 12.4 Å². The van der Waals surface area contributed by atoms with E-state index in [-0.39, 0.29) is 23.9 Å². The van der Waals surface area contributed by atoms with Crippen LogP contribution >= 0.6 is 12.4 Å². The summed E-state index contributed by atoms with van der Waals surface area (Å²) < 4.78 is 40.3. The standard InChI is InChI=1S/C12H14F3N.ClH/c13-9-1-2-11(14)10(7-9)12(15)8-3-5-16-6-4-8;/h1-2,7-8,12,16H,3-6H2;1H/t12-;/m1./s1. The van der Waals surface area contributed by atoms with Crippen LogP contribution < -0.4 is 5.32 Å². The Labute approximate surface area is 105 Å². The number of rotatable bonds is 2. The van der Waals surface area contributed by atoms with Crippen molar-refractivity contribution in [3.05, 3.63) is 35.4 Å². The van der Waals surface area contributed by atoms with Crippen LogP contribution in [0.3, 0.4) is 0 Å². The van der Waals surface area contributed by atoms with Crippen molar-refractivity contribution in [2.75, 3.05) is 13.1 Å². The second kappa shape index (κ2) is 6.26. The summed E-state index contributed by atoms with van der Waals surface area (Å²) >= 11 is 0. The van der Waals surface area contributed by atoms with E-state index in [1.807, 2.05) is 0 Å². The number of alkyl halides is 1. The summed E-state index contributed by atoms with van der Waals surface area (Å²) in [7, 11) is 0. The number of hydrogen-bond donors (Lipinski definition) is 1. The van der Waals surface area contributed by atoms with E-state index in [0.717, 1.165) is 31.3 Å². The molecule has 0 saturated carbocycles. The fourth-order valence-electron chi connectivity index (χ4n) is 2.12. The van der Waals surface area contributed by atoms with Gasteiger partial charge >= 0.3 is 0 Å². The summed E-state index contributed by atoms with van der Waals surface area (Å²) in [4.78, 5) is 0. The summed E-state index contributed by atoms with van der Waals surface area (Å²) in [5.41, 5.74) is -0.146. The molecule has 0 spiro atoms. The number of piperidine rings is 1. The smallest absolute Gasteiger partial charge is 0.131 e. The summed E-state index contributed by atoms with van der Waals surface area (Å²) in [6.45, 7) is 1.48. The van der Waals surface area contributed by atoms with Crippen molar-refractivity contribution < 1.29 is 13.2 Å². The Kier molecular flexibility index (Phi) is 5.28. The molecule has 1 aliphatic rings. The van der Waals surface area contributed by atoms with Crippen molar-refractivity contribution in [1.82, 2.24) is 5.32 Å². The van der Waals surface area contributed by atoms with Crippen molar-refractivity contribution in [1.29, 1.82) is 0 Å². The van der Waals surface area contributed by atoms with E-state index in [9.17, 15) is 13.2 Å². The highest BCUT2D eigenvalue weighted by molar-refractivity contribution is 5.85. The first kappa shape index (κ1) is 14.3. The van der Waals surface area contributed by atoms with Gasteiger partial charge in [-0.25, -0.2) is 13.2 Å². The summed E-state index contributed by atoms with van der Waals surface area (Å²) in [5, 5.41) is 3.11. The van der Waals surface area contributed by atoms with Gasteiger partial charge in [0.2, 0.25) is 0 Å². The van der Waals surface area contributed by atoms with Gasteiger partial charge in [0.25, 0.3) is 0 Å². The third kappa shape index (κ3) is 3.36. The fraction of sp³-hybridized carbons (Fsp3) is 0.500. The molecule has 1 heterocycles. The molecular formula is C12H15ClF3N. The average molecular weight is 266 g/mol. The highest BCUT2D eigenvalue weighted by Gasteiger charge is 2.27. The van der Waals surface area contributed by atoms with E-state index in [1.165, 1.54) is 0 Å². The van der Waals surface area contributed by atoms with Crippen molar-refractivity contribution >= 4 is 12.4 Å². The van der Waals surface area contributed by atoms with E-state index in [0.29, 0.717) is 12.8 Å². The first-order valence-corrected chi connectivity index (χ1v) is 5.48. The van der Waals surface area contributed by atoms with Gasteiger partial charge < -0.3 is 5.32 Å². The van der Waals surface area contributed by atoms with Gasteiger partial charge in [-0.05, 0) is 50.0 Å². The number of nitrogens with one attached hydrogen (secondary N) is 1. The zero-order valence-electron chi connectivity index (χ0n) is 9.26. The Hall–Kier alpha value is -0.740. The average Bonchev–Trinajstić information content (AvgIpc) is 2.32. The van der Waals surface area contributed by atoms with Crippen LogP contribution in [0.4, 0.5) is 13.2 Å². The SMILES string of the molecule is Cl.Fc1ccc(F)c([C@H](F)C2CCNCC2)c1. The lowest BCUT2D eigenvalue weighted by Gasteiger charge is -2.26. The maximum Gasteiger partial charge on any atom is 0.131 e. The molecule has 1 nitrogen and oxygen atoms in total. The molecule has 1 fully saturated rings. The first-order valence-electron chi connectivity index (χ1n) is 5.48. The molecule has 0 bridgehead atoms. The van der Waals surface area contributed by atoms with Gasteiger partial charge in [-0.1, -0.05) is 0 Å². The fourth-order valence-corrected chi connectivity index (χ4v) is 2.12. The number of halogens is 4. The summed E-state index contributed by atoms with van der Waals surface area (Å²) in [6, 6.07) is 2.95. The molecule has 0 radical (unpaired) electrons. The maximum absolute atomic E-state index is 14.0. The van der Waals surface area contributed by atoms with Crippen LogP contribution in [0.25, 0.3) is 0 Å². The second-order valence-corrected chi connectivity index (χ2v) is 4.16. The lowest BCUT2D eigenvalue weighted by molar-refractivity contribution is 0.185. The third-order valence-corrected chi connectivity index (χ3v) is 3.05. The molecule has 0 amide bonds. The van der Waals surface area contributed by atoms with Crippen LogP contribution in [0.2, 0.25) is 0 Å². The minimum atomic E-state index is -1.40. The molecule has 0 unspecified atom stereocenters. The quantitative estimate of drug-likeness (QED) is 0.864. The largest absolute Gasteiger partial charge is 0.317 e. The first-order chi connectivity index (χ1) is 7.68. The van der Waals surface area contributed by atoms with Gasteiger partial charge in [0.15, 0.2) is 0 Å². The van der Waals surface area contributed by atoms with E-state index in [4.69, 9.17) is 0 Å². The highest BCUT2D eigenvalue weighted by Crippen LogP contribution is 2.33. The Morgan fingerprint density at radius 3 is 2.47 bits per heavy atom. The summed E-state index contributed by atoms with van der Waals surface area (Å²) in [6.07, 6.45) is -0.0772. The Morgan fingerprint density at radius 1 is 1.18 bits per heavy atom. The molecule has 17 heavy (non-hydrogen) atoms. The molecule has 1 aromatic rings. The molecule has 2 rings (SSSR count). The molecule has 1 aliphatic heterocycles. The van der Waals surface area contributed by atoms with E-state index in [2.05, 4.69) is 5.32 Å². The normalized spacial score (nSPS) is 18.5. The number of benzene rings is 1. The number of hydrogen-bond acceptors (Lipinski definition) is 1. The molecule has 0 aliphatic carbocycles. The second-order valence-electron chi connectivity index (χ2n) is 4.16. The van der Waals surface area contributed by atoms with Crippen LogP contribution in [0.15, 0.2) is 18.2 Å². The van der Waals surface area contributed by atoms with Crippen molar-refractivity contribution in [2.24, 2.45) is 5.92 Å². The topological polar surface area (TPSA) is 12.0 Å². The molecule has 96 valence electrons. The minimum Gasteiger partial charge on any atom is -0.317 e. The van der Waals surface area contributed by atoms with Crippen LogP contribution in [0.5, 0.6) is 0 Å². The highest BCUT2D eigenvalue weighted by atomic mass is 35.5. The molecule has 1 aromatic carbocycles. The molecule has 5 heteroatoms. The lowest BCUT2D eigenvalue weighted by Crippen LogP contribution is -2.30. The predicted molar refractivity (Wildman–Crippen MR) is 63.0 cm³/mol. The lowest BCUT2D eigenvalue weighted by atomic mass is 9.89. The summed E-state index contributed by atoms with van der Waals surface area (Å²) in [5.74, 6) is -1.46. The van der Waals surface area contributed by atoms with Crippen LogP contribution in [-0.4, -0.2) is 13.1 Å². The third-order valence-electron chi connectivity index (χ3n) is 3.05. The monoisotopic (exact) mass is 265 g/mol.